The van der Waals surface area contributed by atoms with Gasteiger partial charge in [0.15, 0.2) is 0 Å². The van der Waals surface area contributed by atoms with Crippen LogP contribution in [-0.2, 0) is 17.6 Å². The van der Waals surface area contributed by atoms with E-state index < -0.39 is 11.9 Å². The Morgan fingerprint density at radius 1 is 1.22 bits per heavy atom. The van der Waals surface area contributed by atoms with E-state index in [4.69, 9.17) is 14.6 Å². The quantitative estimate of drug-likeness (QED) is 0.397. The monoisotopic (exact) mass is 509 g/mol. The highest BCUT2D eigenvalue weighted by atomic mass is 32.1. The lowest BCUT2D eigenvalue weighted by molar-refractivity contribution is 0.0600. The minimum Gasteiger partial charge on any atom is -0.465 e. The maximum Gasteiger partial charge on any atom is 0.341 e. The zero-order valence-electron chi connectivity index (χ0n) is 21.9. The van der Waals surface area contributed by atoms with Crippen molar-refractivity contribution in [1.82, 2.24) is 0 Å². The van der Waals surface area contributed by atoms with Crippen LogP contribution in [0.5, 0.6) is 0 Å². The molecule has 0 spiro atoms. The van der Waals surface area contributed by atoms with Gasteiger partial charge >= 0.3 is 5.97 Å². The van der Waals surface area contributed by atoms with Gasteiger partial charge in [-0.2, -0.15) is 0 Å². The molecule has 0 fully saturated rings. The first-order valence-electron chi connectivity index (χ1n) is 12.5. The van der Waals surface area contributed by atoms with Gasteiger partial charge in [0.25, 0.3) is 5.91 Å². The number of hydrogen-bond donors (Lipinski definition) is 2. The number of amides is 1. The van der Waals surface area contributed by atoms with E-state index in [2.05, 4.69) is 44.8 Å². The minimum atomic E-state index is -0.477. The summed E-state index contributed by atoms with van der Waals surface area (Å²) in [6.07, 6.45) is 2.63. The van der Waals surface area contributed by atoms with Gasteiger partial charge in [-0.05, 0) is 68.2 Å². The largest absolute Gasteiger partial charge is 0.465 e. The van der Waals surface area contributed by atoms with Crippen LogP contribution in [0.1, 0.15) is 72.2 Å². The van der Waals surface area contributed by atoms with Crippen molar-refractivity contribution in [2.45, 2.75) is 53.9 Å². The molecule has 0 saturated carbocycles. The van der Waals surface area contributed by atoms with Crippen molar-refractivity contribution in [2.75, 3.05) is 30.4 Å². The Morgan fingerprint density at radius 2 is 1.94 bits per heavy atom. The van der Waals surface area contributed by atoms with Gasteiger partial charge in [-0.3, -0.25) is 10.2 Å². The molecule has 1 amide bonds. The van der Waals surface area contributed by atoms with E-state index in [-0.39, 0.29) is 16.5 Å². The topological polar surface area (TPSA) is 95.6 Å². The number of nitrogens with one attached hydrogen (secondary N) is 2. The first-order valence-corrected chi connectivity index (χ1v) is 13.3. The smallest absolute Gasteiger partial charge is 0.341 e. The lowest BCUT2D eigenvalue weighted by atomic mass is 9.72. The van der Waals surface area contributed by atoms with Crippen LogP contribution >= 0.6 is 11.3 Å². The maximum atomic E-state index is 13.3. The first kappa shape index (κ1) is 25.9. The van der Waals surface area contributed by atoms with Crippen molar-refractivity contribution in [2.24, 2.45) is 11.3 Å². The van der Waals surface area contributed by atoms with Crippen molar-refractivity contribution < 1.29 is 18.7 Å². The van der Waals surface area contributed by atoms with Crippen LogP contribution in [0, 0.1) is 16.7 Å². The van der Waals surface area contributed by atoms with Crippen molar-refractivity contribution in [3.8, 4) is 0 Å². The fourth-order valence-electron chi connectivity index (χ4n) is 4.97. The summed E-state index contributed by atoms with van der Waals surface area (Å²) in [6, 6.07) is 7.46. The summed E-state index contributed by atoms with van der Waals surface area (Å²) in [5.74, 6) is -0.428. The van der Waals surface area contributed by atoms with Crippen molar-refractivity contribution in [3.63, 3.8) is 0 Å². The van der Waals surface area contributed by atoms with Gasteiger partial charge in [0.2, 0.25) is 5.55 Å². The molecule has 2 heterocycles. The van der Waals surface area contributed by atoms with Gasteiger partial charge in [0, 0.05) is 35.1 Å². The molecule has 0 aliphatic heterocycles. The Bertz CT molecular complexity index is 1360. The molecule has 1 aliphatic carbocycles. The van der Waals surface area contributed by atoms with Gasteiger partial charge in [-0.15, -0.1) is 11.3 Å². The predicted molar refractivity (Wildman–Crippen MR) is 144 cm³/mol. The molecule has 3 aromatic rings. The molecule has 1 aliphatic rings. The molecule has 1 unspecified atom stereocenters. The number of carbonyl (C=O) groups is 2. The molecule has 0 saturated heterocycles. The Kier molecular flexibility index (Phi) is 7.27. The number of fused-ring (bicyclic) bond motifs is 2. The third kappa shape index (κ3) is 4.91. The van der Waals surface area contributed by atoms with E-state index in [0.29, 0.717) is 22.1 Å². The fourth-order valence-corrected chi connectivity index (χ4v) is 6.28. The summed E-state index contributed by atoms with van der Waals surface area (Å²) in [4.78, 5) is 29.3. The number of nitrogens with zero attached hydrogens (tertiary/aromatic N) is 1. The molecule has 192 valence electrons. The molecule has 2 N–H and O–H groups in total. The summed E-state index contributed by atoms with van der Waals surface area (Å²) >= 11 is 1.44. The van der Waals surface area contributed by atoms with Crippen LogP contribution in [0.25, 0.3) is 11.0 Å². The van der Waals surface area contributed by atoms with E-state index in [1.54, 1.807) is 6.07 Å². The lowest BCUT2D eigenvalue weighted by Crippen LogP contribution is -2.26. The third-order valence-electron chi connectivity index (χ3n) is 7.23. The molecule has 36 heavy (non-hydrogen) atoms. The number of hydrogen-bond acceptors (Lipinski definition) is 7. The van der Waals surface area contributed by atoms with E-state index in [9.17, 15) is 9.59 Å². The number of benzene rings is 1. The normalized spacial score (nSPS) is 15.4. The molecule has 7 nitrogen and oxygen atoms in total. The molecule has 4 rings (SSSR count). The molecule has 8 heteroatoms. The number of thiophene rings is 1. The SMILES string of the molecule is CCN(CC)c1ccc2cc(C(=O)Nc3sc4c(c3C(=O)OC)CCC(C(C)(C)C)C4)c(=N)oc2c1. The van der Waals surface area contributed by atoms with Gasteiger partial charge in [0.05, 0.1) is 12.7 Å². The predicted octanol–water partition coefficient (Wildman–Crippen LogP) is 6.01. The molecular formula is C28H35N3O4S. The van der Waals surface area contributed by atoms with Crippen LogP contribution in [0.15, 0.2) is 28.7 Å². The minimum absolute atomic E-state index is 0.118. The second kappa shape index (κ2) is 10.1. The number of rotatable bonds is 6. The van der Waals surface area contributed by atoms with Crippen LogP contribution in [0.3, 0.4) is 0 Å². The molecule has 0 radical (unpaired) electrons. The van der Waals surface area contributed by atoms with E-state index in [0.717, 1.165) is 53.9 Å². The number of carbonyl (C=O) groups excluding carboxylic acids is 2. The van der Waals surface area contributed by atoms with Gasteiger partial charge in [0.1, 0.15) is 16.1 Å². The Morgan fingerprint density at radius 3 is 2.58 bits per heavy atom. The summed E-state index contributed by atoms with van der Waals surface area (Å²) in [7, 11) is 1.36. The highest BCUT2D eigenvalue weighted by Gasteiger charge is 2.34. The highest BCUT2D eigenvalue weighted by molar-refractivity contribution is 7.17. The summed E-state index contributed by atoms with van der Waals surface area (Å²) < 4.78 is 10.8. The zero-order chi connectivity index (χ0) is 26.2. The van der Waals surface area contributed by atoms with Gasteiger partial charge in [-0.25, -0.2) is 4.79 Å². The van der Waals surface area contributed by atoms with Crippen LogP contribution < -0.4 is 15.8 Å². The number of esters is 1. The van der Waals surface area contributed by atoms with Gasteiger partial charge in [-0.1, -0.05) is 20.8 Å². The fraction of sp³-hybridized carbons (Fsp3) is 0.464. The summed E-state index contributed by atoms with van der Waals surface area (Å²) in [6.45, 7) is 12.6. The van der Waals surface area contributed by atoms with Gasteiger partial charge < -0.3 is 19.4 Å². The van der Waals surface area contributed by atoms with Crippen LogP contribution in [0.4, 0.5) is 10.7 Å². The highest BCUT2D eigenvalue weighted by Crippen LogP contribution is 2.44. The van der Waals surface area contributed by atoms with E-state index in [1.807, 2.05) is 18.2 Å². The molecule has 0 bridgehead atoms. The van der Waals surface area contributed by atoms with E-state index >= 15 is 0 Å². The molecule has 1 atom stereocenters. The Hall–Kier alpha value is -3.13. The number of ether oxygens (including phenoxy) is 1. The first-order chi connectivity index (χ1) is 17.1. The Labute approximate surface area is 216 Å². The van der Waals surface area contributed by atoms with Crippen molar-refractivity contribution >= 4 is 44.9 Å². The second-order valence-electron chi connectivity index (χ2n) is 10.3. The number of methoxy groups -OCH3 is 1. The zero-order valence-corrected chi connectivity index (χ0v) is 22.7. The number of anilines is 2. The Balaban J connectivity index is 1.67. The molecular weight excluding hydrogens is 474 g/mol. The van der Waals surface area contributed by atoms with Crippen molar-refractivity contribution in [1.29, 1.82) is 5.41 Å². The molecule has 2 aromatic heterocycles. The van der Waals surface area contributed by atoms with Crippen LogP contribution in [-0.4, -0.2) is 32.1 Å². The maximum absolute atomic E-state index is 13.3. The average Bonchev–Trinajstić information content (AvgIpc) is 3.20. The lowest BCUT2D eigenvalue weighted by Gasteiger charge is -2.33. The van der Waals surface area contributed by atoms with E-state index in [1.165, 1.54) is 18.4 Å². The van der Waals surface area contributed by atoms with Crippen molar-refractivity contribution in [3.05, 3.63) is 51.4 Å². The molecule has 1 aromatic carbocycles. The second-order valence-corrected chi connectivity index (χ2v) is 11.4. The summed E-state index contributed by atoms with van der Waals surface area (Å²) in [5, 5.41) is 12.5. The standard InChI is InChI=1S/C28H35N3O4S/c1-7-31(8-2)18-11-9-16-13-20(24(29)35-21(16)15-18)25(32)30-26-23(27(33)34-6)19-12-10-17(28(3,4)5)14-22(19)36-26/h9,11,13,15,17,29H,7-8,10,12,14H2,1-6H3,(H,30,32). The summed E-state index contributed by atoms with van der Waals surface area (Å²) in [5.41, 5.74) is 3.03. The van der Waals surface area contributed by atoms with Crippen LogP contribution in [0.2, 0.25) is 0 Å². The average molecular weight is 510 g/mol. The third-order valence-corrected chi connectivity index (χ3v) is 8.40.